The number of rotatable bonds is 1. The maximum atomic E-state index is 12.5. The van der Waals surface area contributed by atoms with Gasteiger partial charge in [-0.1, -0.05) is 0 Å². The largest absolute Gasteiger partial charge is 0.481 e. The number of aromatic nitrogens is 2. The number of methoxy groups -OCH3 is 1. The van der Waals surface area contributed by atoms with Gasteiger partial charge in [0.05, 0.1) is 12.8 Å². The van der Waals surface area contributed by atoms with Crippen LogP contribution < -0.4 is 10.1 Å². The quantitative estimate of drug-likeness (QED) is 0.841. The molecule has 0 bridgehead atoms. The first kappa shape index (κ1) is 14.0. The van der Waals surface area contributed by atoms with Crippen molar-refractivity contribution in [3.8, 4) is 5.88 Å². The molecule has 1 N–H and O–H groups in total. The molecule has 0 fully saturated rings. The molecular formula is C9H11ClF3N3O. The summed E-state index contributed by atoms with van der Waals surface area (Å²) >= 11 is 0. The smallest absolute Gasteiger partial charge is 0.451 e. The molecule has 2 rings (SSSR count). The molecule has 0 unspecified atom stereocenters. The van der Waals surface area contributed by atoms with Gasteiger partial charge >= 0.3 is 6.18 Å². The average Bonchev–Trinajstić information content (AvgIpc) is 2.26. The molecule has 17 heavy (non-hydrogen) atoms. The van der Waals surface area contributed by atoms with Crippen LogP contribution in [0.2, 0.25) is 0 Å². The summed E-state index contributed by atoms with van der Waals surface area (Å²) in [6.07, 6.45) is -3.96. The molecule has 0 aromatic carbocycles. The minimum Gasteiger partial charge on any atom is -0.481 e. The van der Waals surface area contributed by atoms with E-state index < -0.39 is 12.0 Å². The van der Waals surface area contributed by atoms with E-state index in [1.165, 1.54) is 7.11 Å². The van der Waals surface area contributed by atoms with Gasteiger partial charge in [-0.05, 0) is 13.0 Å². The van der Waals surface area contributed by atoms with Crippen molar-refractivity contribution in [2.75, 3.05) is 13.7 Å². The molecule has 0 amide bonds. The van der Waals surface area contributed by atoms with E-state index in [1.54, 1.807) is 0 Å². The van der Waals surface area contributed by atoms with E-state index in [2.05, 4.69) is 15.3 Å². The van der Waals surface area contributed by atoms with Crippen molar-refractivity contribution in [1.82, 2.24) is 15.3 Å². The second-order valence-electron chi connectivity index (χ2n) is 3.41. The molecule has 0 aliphatic carbocycles. The topological polar surface area (TPSA) is 47.0 Å². The summed E-state index contributed by atoms with van der Waals surface area (Å²) in [7, 11) is 1.31. The van der Waals surface area contributed by atoms with E-state index in [1.807, 2.05) is 0 Å². The van der Waals surface area contributed by atoms with Gasteiger partial charge in [0.2, 0.25) is 11.7 Å². The first-order chi connectivity index (χ1) is 7.52. The molecule has 0 saturated carbocycles. The lowest BCUT2D eigenvalue weighted by atomic mass is 10.1. The maximum Gasteiger partial charge on any atom is 0.451 e. The van der Waals surface area contributed by atoms with E-state index in [9.17, 15) is 13.2 Å². The number of hydrogen-bond acceptors (Lipinski definition) is 4. The molecule has 4 nitrogen and oxygen atoms in total. The Morgan fingerprint density at radius 2 is 2.00 bits per heavy atom. The predicted molar refractivity (Wildman–Crippen MR) is 56.2 cm³/mol. The third-order valence-corrected chi connectivity index (χ3v) is 2.35. The van der Waals surface area contributed by atoms with Gasteiger partial charge in [-0.25, -0.2) is 4.98 Å². The second-order valence-corrected chi connectivity index (χ2v) is 3.41. The Hall–Kier alpha value is -1.08. The van der Waals surface area contributed by atoms with Crippen LogP contribution in [0.3, 0.4) is 0 Å². The van der Waals surface area contributed by atoms with Crippen molar-refractivity contribution in [3.05, 3.63) is 17.1 Å². The van der Waals surface area contributed by atoms with Gasteiger partial charge in [0.15, 0.2) is 0 Å². The van der Waals surface area contributed by atoms with Crippen LogP contribution in [0.5, 0.6) is 5.88 Å². The number of nitrogens with one attached hydrogen (secondary N) is 1. The van der Waals surface area contributed by atoms with E-state index in [-0.39, 0.29) is 18.3 Å². The summed E-state index contributed by atoms with van der Waals surface area (Å²) in [6.45, 7) is 1.01. The Bertz CT molecular complexity index is 394. The van der Waals surface area contributed by atoms with E-state index >= 15 is 0 Å². The number of fused-ring (bicyclic) bond motifs is 1. The van der Waals surface area contributed by atoms with E-state index in [4.69, 9.17) is 4.74 Å². The van der Waals surface area contributed by atoms with Gasteiger partial charge in [0.25, 0.3) is 0 Å². The molecule has 0 atom stereocenters. The zero-order valence-electron chi connectivity index (χ0n) is 8.97. The Kier molecular flexibility index (Phi) is 4.16. The highest BCUT2D eigenvalue weighted by atomic mass is 35.5. The molecule has 2 heterocycles. The van der Waals surface area contributed by atoms with Gasteiger partial charge in [-0.15, -0.1) is 12.4 Å². The summed E-state index contributed by atoms with van der Waals surface area (Å²) in [5.41, 5.74) is 1.03. The first-order valence-electron chi connectivity index (χ1n) is 4.74. The summed E-state index contributed by atoms with van der Waals surface area (Å²) in [5.74, 6) is -1.12. The van der Waals surface area contributed by atoms with Crippen molar-refractivity contribution in [1.29, 1.82) is 0 Å². The van der Waals surface area contributed by atoms with Crippen LogP contribution in [0.25, 0.3) is 0 Å². The normalized spacial score (nSPS) is 14.8. The lowest BCUT2D eigenvalue weighted by molar-refractivity contribution is -0.145. The Balaban J connectivity index is 0.00000144. The fourth-order valence-electron chi connectivity index (χ4n) is 1.62. The zero-order valence-corrected chi connectivity index (χ0v) is 9.78. The number of nitrogens with zero attached hydrogens (tertiary/aromatic N) is 2. The molecular weight excluding hydrogens is 259 g/mol. The minimum atomic E-state index is -4.54. The molecule has 0 saturated heterocycles. The molecule has 1 aliphatic rings. The van der Waals surface area contributed by atoms with Crippen molar-refractivity contribution < 1.29 is 17.9 Å². The molecule has 96 valence electrons. The van der Waals surface area contributed by atoms with Crippen LogP contribution in [0, 0.1) is 0 Å². The summed E-state index contributed by atoms with van der Waals surface area (Å²) in [4.78, 5) is 6.90. The SMILES string of the molecule is COc1nc(C(F)(F)F)nc2c1CCNC2.Cl. The van der Waals surface area contributed by atoms with Gasteiger partial charge in [-0.3, -0.25) is 0 Å². The fraction of sp³-hybridized carbons (Fsp3) is 0.556. The molecule has 1 aromatic rings. The third kappa shape index (κ3) is 2.78. The van der Waals surface area contributed by atoms with Gasteiger partial charge < -0.3 is 10.1 Å². The highest BCUT2D eigenvalue weighted by Crippen LogP contribution is 2.30. The highest BCUT2D eigenvalue weighted by Gasteiger charge is 2.36. The fourth-order valence-corrected chi connectivity index (χ4v) is 1.62. The molecule has 1 aromatic heterocycles. The maximum absolute atomic E-state index is 12.5. The number of alkyl halides is 3. The lowest BCUT2D eigenvalue weighted by Gasteiger charge is -2.19. The van der Waals surface area contributed by atoms with Crippen molar-refractivity contribution >= 4 is 12.4 Å². The standard InChI is InChI=1S/C9H10F3N3O.ClH/c1-16-7-5-2-3-13-4-6(5)14-8(15-7)9(10,11)12;/h13H,2-4H2,1H3;1H. The predicted octanol–water partition coefficient (Wildman–Crippen LogP) is 1.57. The van der Waals surface area contributed by atoms with Crippen LogP contribution in [-0.2, 0) is 19.1 Å². The average molecular weight is 270 g/mol. The summed E-state index contributed by atoms with van der Waals surface area (Å²) in [5, 5.41) is 2.96. The van der Waals surface area contributed by atoms with Gasteiger partial charge in [0, 0.05) is 12.1 Å². The monoisotopic (exact) mass is 269 g/mol. The van der Waals surface area contributed by atoms with Crippen LogP contribution in [0.1, 0.15) is 17.1 Å². The van der Waals surface area contributed by atoms with E-state index in [0.29, 0.717) is 30.8 Å². The number of ether oxygens (including phenoxy) is 1. The summed E-state index contributed by atoms with van der Waals surface area (Å²) in [6, 6.07) is 0. The highest BCUT2D eigenvalue weighted by molar-refractivity contribution is 5.85. The molecule has 0 radical (unpaired) electrons. The summed E-state index contributed by atoms with van der Waals surface area (Å²) < 4.78 is 42.3. The first-order valence-corrected chi connectivity index (χ1v) is 4.74. The van der Waals surface area contributed by atoms with Crippen LogP contribution in [0.4, 0.5) is 13.2 Å². The Morgan fingerprint density at radius 3 is 2.59 bits per heavy atom. The van der Waals surface area contributed by atoms with Gasteiger partial charge in [-0.2, -0.15) is 18.2 Å². The lowest BCUT2D eigenvalue weighted by Crippen LogP contribution is -2.27. The second kappa shape index (κ2) is 5.05. The van der Waals surface area contributed by atoms with Crippen molar-refractivity contribution in [2.24, 2.45) is 0 Å². The molecule has 1 aliphatic heterocycles. The van der Waals surface area contributed by atoms with Crippen LogP contribution in [0.15, 0.2) is 0 Å². The molecule has 8 heteroatoms. The Labute approximate surface area is 102 Å². The number of halogens is 4. The van der Waals surface area contributed by atoms with Crippen molar-refractivity contribution in [3.63, 3.8) is 0 Å². The molecule has 0 spiro atoms. The van der Waals surface area contributed by atoms with Crippen molar-refractivity contribution in [2.45, 2.75) is 19.1 Å². The van der Waals surface area contributed by atoms with E-state index in [0.717, 1.165) is 0 Å². The van der Waals surface area contributed by atoms with Crippen LogP contribution in [-0.4, -0.2) is 23.6 Å². The zero-order chi connectivity index (χ0) is 11.8. The minimum absolute atomic E-state index is 0. The van der Waals surface area contributed by atoms with Crippen LogP contribution >= 0.6 is 12.4 Å². The third-order valence-electron chi connectivity index (χ3n) is 2.35. The van der Waals surface area contributed by atoms with Gasteiger partial charge in [0.1, 0.15) is 0 Å². The number of hydrogen-bond donors (Lipinski definition) is 1. The Morgan fingerprint density at radius 1 is 1.29 bits per heavy atom.